The maximum Gasteiger partial charge on any atom is 0.129 e. The molecule has 1 aliphatic rings. The van der Waals surface area contributed by atoms with Gasteiger partial charge in [0.05, 0.1) is 12.1 Å². The van der Waals surface area contributed by atoms with E-state index in [9.17, 15) is 9.50 Å². The summed E-state index contributed by atoms with van der Waals surface area (Å²) in [6.45, 7) is 2.10. The summed E-state index contributed by atoms with van der Waals surface area (Å²) in [5.74, 6) is 0.688. The van der Waals surface area contributed by atoms with E-state index in [4.69, 9.17) is 4.74 Å². The van der Waals surface area contributed by atoms with Crippen LogP contribution in [0.1, 0.15) is 18.4 Å². The van der Waals surface area contributed by atoms with Gasteiger partial charge in [0.2, 0.25) is 0 Å². The number of likely N-dealkylation sites (N-methyl/N-ethyl adjacent to an activating group) is 1. The Balaban J connectivity index is 2.02. The number of benzene rings is 1. The normalized spacial score (nSPS) is 18.4. The molecule has 4 heteroatoms. The molecule has 18 heavy (non-hydrogen) atoms. The summed E-state index contributed by atoms with van der Waals surface area (Å²) in [6.07, 6.45) is 2.21. The average molecular weight is 253 g/mol. The second kappa shape index (κ2) is 5.24. The van der Waals surface area contributed by atoms with Crippen molar-refractivity contribution in [2.45, 2.75) is 25.3 Å². The van der Waals surface area contributed by atoms with E-state index in [0.717, 1.165) is 12.8 Å². The largest absolute Gasteiger partial charge is 0.491 e. The number of hydrogen-bond donors (Lipinski definition) is 2. The van der Waals surface area contributed by atoms with E-state index < -0.39 is 5.54 Å². The van der Waals surface area contributed by atoms with E-state index in [1.54, 1.807) is 19.1 Å². The van der Waals surface area contributed by atoms with Crippen molar-refractivity contribution in [3.05, 3.63) is 29.6 Å². The van der Waals surface area contributed by atoms with Crippen molar-refractivity contribution < 1.29 is 14.2 Å². The molecular weight excluding hydrogens is 233 g/mol. The van der Waals surface area contributed by atoms with E-state index in [1.807, 2.05) is 7.05 Å². The number of aryl methyl sites for hydroxylation is 1. The molecule has 1 aliphatic carbocycles. The molecule has 2 rings (SSSR count). The standard InChI is InChI=1S/C14H20FNO2/c1-10-3-6-12(7-13(10)15)18-9-14(8-17,16-2)11-4-5-11/h3,6-7,11,16-17H,4-5,8-9H2,1-2H3. The van der Waals surface area contributed by atoms with Crippen LogP contribution >= 0.6 is 0 Å². The molecule has 0 aromatic heterocycles. The summed E-state index contributed by atoms with van der Waals surface area (Å²) in [7, 11) is 1.83. The van der Waals surface area contributed by atoms with Crippen molar-refractivity contribution >= 4 is 0 Å². The van der Waals surface area contributed by atoms with E-state index in [1.165, 1.54) is 6.07 Å². The van der Waals surface area contributed by atoms with Gasteiger partial charge in [0.1, 0.15) is 18.2 Å². The van der Waals surface area contributed by atoms with Gasteiger partial charge in [-0.2, -0.15) is 0 Å². The Hall–Kier alpha value is -1.13. The minimum Gasteiger partial charge on any atom is -0.491 e. The van der Waals surface area contributed by atoms with Crippen LogP contribution in [-0.2, 0) is 0 Å². The van der Waals surface area contributed by atoms with Gasteiger partial charge in [-0.1, -0.05) is 6.07 Å². The second-order valence-electron chi connectivity index (χ2n) is 5.04. The van der Waals surface area contributed by atoms with Crippen LogP contribution in [0.15, 0.2) is 18.2 Å². The lowest BCUT2D eigenvalue weighted by molar-refractivity contribution is 0.0913. The molecule has 2 N–H and O–H groups in total. The predicted molar refractivity (Wildman–Crippen MR) is 68.2 cm³/mol. The van der Waals surface area contributed by atoms with Crippen molar-refractivity contribution in [3.8, 4) is 5.75 Å². The van der Waals surface area contributed by atoms with Crippen molar-refractivity contribution in [2.75, 3.05) is 20.3 Å². The third-order valence-electron chi connectivity index (χ3n) is 3.78. The van der Waals surface area contributed by atoms with Crippen LogP contribution in [0.5, 0.6) is 5.75 Å². The number of aliphatic hydroxyl groups excluding tert-OH is 1. The summed E-state index contributed by atoms with van der Waals surface area (Å²) < 4.78 is 19.0. The maximum absolute atomic E-state index is 13.4. The SMILES string of the molecule is CNC(CO)(COc1ccc(C)c(F)c1)C1CC1. The first kappa shape index (κ1) is 13.3. The van der Waals surface area contributed by atoms with Gasteiger partial charge in [-0.3, -0.25) is 0 Å². The van der Waals surface area contributed by atoms with Crippen LogP contribution < -0.4 is 10.1 Å². The van der Waals surface area contributed by atoms with E-state index >= 15 is 0 Å². The molecule has 0 bridgehead atoms. The van der Waals surface area contributed by atoms with Crippen LogP contribution in [0.2, 0.25) is 0 Å². The summed E-state index contributed by atoms with van der Waals surface area (Å²) in [5, 5.41) is 12.7. The molecule has 0 amide bonds. The number of halogens is 1. The zero-order valence-corrected chi connectivity index (χ0v) is 10.9. The van der Waals surface area contributed by atoms with Crippen LogP contribution in [-0.4, -0.2) is 30.9 Å². The molecule has 100 valence electrons. The molecule has 0 aliphatic heterocycles. The van der Waals surface area contributed by atoms with Gasteiger partial charge < -0.3 is 15.2 Å². The molecule has 1 aromatic carbocycles. The summed E-state index contributed by atoms with van der Waals surface area (Å²) >= 11 is 0. The third kappa shape index (κ3) is 2.65. The zero-order chi connectivity index (χ0) is 13.2. The lowest BCUT2D eigenvalue weighted by atomic mass is 9.95. The first-order valence-corrected chi connectivity index (χ1v) is 6.30. The van der Waals surface area contributed by atoms with Gasteiger partial charge >= 0.3 is 0 Å². The molecule has 1 saturated carbocycles. The third-order valence-corrected chi connectivity index (χ3v) is 3.78. The number of rotatable bonds is 6. The molecule has 3 nitrogen and oxygen atoms in total. The second-order valence-corrected chi connectivity index (χ2v) is 5.04. The molecule has 0 spiro atoms. The monoisotopic (exact) mass is 253 g/mol. The quantitative estimate of drug-likeness (QED) is 0.813. The fourth-order valence-corrected chi connectivity index (χ4v) is 2.16. The summed E-state index contributed by atoms with van der Waals surface area (Å²) in [6, 6.07) is 4.84. The van der Waals surface area contributed by atoms with E-state index in [-0.39, 0.29) is 12.4 Å². The Kier molecular flexibility index (Phi) is 3.88. The topological polar surface area (TPSA) is 41.5 Å². The molecule has 1 unspecified atom stereocenters. The first-order chi connectivity index (χ1) is 8.61. The average Bonchev–Trinajstić information content (AvgIpc) is 3.20. The number of aliphatic hydroxyl groups is 1. The van der Waals surface area contributed by atoms with Gasteiger partial charge in [-0.15, -0.1) is 0 Å². The summed E-state index contributed by atoms with van der Waals surface area (Å²) in [4.78, 5) is 0. The molecule has 1 fully saturated rings. The molecule has 0 radical (unpaired) electrons. The predicted octanol–water partition coefficient (Wildman–Crippen LogP) is 1.87. The molecule has 1 aromatic rings. The Bertz CT molecular complexity index is 414. The Morgan fingerprint density at radius 3 is 2.72 bits per heavy atom. The highest BCUT2D eigenvalue weighted by molar-refractivity contribution is 5.28. The molecule has 0 heterocycles. The number of nitrogens with one attached hydrogen (secondary N) is 1. The van der Waals surface area contributed by atoms with Crippen molar-refractivity contribution in [2.24, 2.45) is 5.92 Å². The minimum absolute atomic E-state index is 0.0303. The molecule has 0 saturated heterocycles. The Morgan fingerprint density at radius 1 is 1.50 bits per heavy atom. The lowest BCUT2D eigenvalue weighted by Crippen LogP contribution is -2.53. The summed E-state index contributed by atoms with van der Waals surface area (Å²) in [5.41, 5.74) is 0.202. The van der Waals surface area contributed by atoms with Gasteiger partial charge in [0.15, 0.2) is 0 Å². The Morgan fingerprint density at radius 2 is 2.22 bits per heavy atom. The molecule has 1 atom stereocenters. The highest BCUT2D eigenvalue weighted by Gasteiger charge is 2.44. The number of hydrogen-bond acceptors (Lipinski definition) is 3. The Labute approximate surface area is 107 Å². The van der Waals surface area contributed by atoms with Gasteiger partial charge in [0, 0.05) is 6.07 Å². The molecular formula is C14H20FNO2. The van der Waals surface area contributed by atoms with Crippen molar-refractivity contribution in [1.29, 1.82) is 0 Å². The number of ether oxygens (including phenoxy) is 1. The van der Waals surface area contributed by atoms with Crippen molar-refractivity contribution in [3.63, 3.8) is 0 Å². The van der Waals surface area contributed by atoms with Gasteiger partial charge in [-0.25, -0.2) is 4.39 Å². The highest BCUT2D eigenvalue weighted by Crippen LogP contribution is 2.39. The van der Waals surface area contributed by atoms with Crippen LogP contribution in [0.4, 0.5) is 4.39 Å². The van der Waals surface area contributed by atoms with E-state index in [2.05, 4.69) is 5.32 Å². The van der Waals surface area contributed by atoms with Gasteiger partial charge in [0.25, 0.3) is 0 Å². The minimum atomic E-state index is -0.401. The van der Waals surface area contributed by atoms with Crippen LogP contribution in [0, 0.1) is 18.7 Å². The van der Waals surface area contributed by atoms with Crippen molar-refractivity contribution in [1.82, 2.24) is 5.32 Å². The zero-order valence-electron chi connectivity index (χ0n) is 10.9. The van der Waals surface area contributed by atoms with E-state index in [0.29, 0.717) is 23.8 Å². The lowest BCUT2D eigenvalue weighted by Gasteiger charge is -2.31. The first-order valence-electron chi connectivity index (χ1n) is 6.30. The van der Waals surface area contributed by atoms with Crippen LogP contribution in [0.25, 0.3) is 0 Å². The fourth-order valence-electron chi connectivity index (χ4n) is 2.16. The maximum atomic E-state index is 13.4. The van der Waals surface area contributed by atoms with Gasteiger partial charge in [-0.05, 0) is 44.4 Å². The van der Waals surface area contributed by atoms with Crippen LogP contribution in [0.3, 0.4) is 0 Å². The fraction of sp³-hybridized carbons (Fsp3) is 0.571. The highest BCUT2D eigenvalue weighted by atomic mass is 19.1. The smallest absolute Gasteiger partial charge is 0.129 e.